The van der Waals surface area contributed by atoms with Crippen LogP contribution in [-0.4, -0.2) is 15.4 Å². The molecule has 1 aromatic heterocycles. The Morgan fingerprint density at radius 1 is 1.21 bits per heavy atom. The molecule has 0 radical (unpaired) electrons. The first-order chi connectivity index (χ1) is 9.25. The summed E-state index contributed by atoms with van der Waals surface area (Å²) in [5, 5.41) is 3.16. The minimum Gasteiger partial charge on any atom is -0.324 e. The molecule has 1 aliphatic rings. The summed E-state index contributed by atoms with van der Waals surface area (Å²) in [7, 11) is 0. The van der Waals surface area contributed by atoms with Gasteiger partial charge < -0.3 is 5.32 Å². The summed E-state index contributed by atoms with van der Waals surface area (Å²) in [4.78, 5) is 8.75. The molecule has 0 atom stereocenters. The van der Waals surface area contributed by atoms with Crippen LogP contribution in [0.1, 0.15) is 11.4 Å². The van der Waals surface area contributed by atoms with E-state index in [-0.39, 0.29) is 4.49 Å². The monoisotopic (exact) mass is 292 g/mol. The molecule has 0 spiro atoms. The van der Waals surface area contributed by atoms with Crippen molar-refractivity contribution in [1.82, 2.24) is 14.9 Å². The van der Waals surface area contributed by atoms with Crippen LogP contribution in [0.25, 0.3) is 5.82 Å². The van der Waals surface area contributed by atoms with Gasteiger partial charge in [0.25, 0.3) is 0 Å². The Labute approximate surface area is 120 Å². The Morgan fingerprint density at radius 2 is 2.00 bits per heavy atom. The first kappa shape index (κ1) is 12.3. The zero-order valence-electron chi connectivity index (χ0n) is 9.85. The van der Waals surface area contributed by atoms with Gasteiger partial charge in [-0.1, -0.05) is 53.5 Å². The number of nitrogens with one attached hydrogen (secondary N) is 1. The van der Waals surface area contributed by atoms with E-state index in [9.17, 15) is 0 Å². The molecule has 96 valence electrons. The molecule has 19 heavy (non-hydrogen) atoms. The van der Waals surface area contributed by atoms with Gasteiger partial charge in [-0.25, -0.2) is 4.98 Å². The Kier molecular flexibility index (Phi) is 3.27. The third-order valence-electron chi connectivity index (χ3n) is 2.80. The highest BCUT2D eigenvalue weighted by molar-refractivity contribution is 6.58. The fourth-order valence-corrected chi connectivity index (χ4v) is 2.19. The number of hydrogen-bond acceptors (Lipinski definition) is 3. The molecule has 2 aromatic rings. The van der Waals surface area contributed by atoms with Crippen molar-refractivity contribution < 1.29 is 0 Å². The smallest absolute Gasteiger partial charge is 0.148 e. The van der Waals surface area contributed by atoms with Crippen LogP contribution < -0.4 is 5.32 Å². The largest absolute Gasteiger partial charge is 0.324 e. The molecule has 4 nitrogen and oxygen atoms in total. The average molecular weight is 293 g/mol. The van der Waals surface area contributed by atoms with Gasteiger partial charge in [-0.15, -0.1) is 0 Å². The molecule has 6 heteroatoms. The van der Waals surface area contributed by atoms with Gasteiger partial charge >= 0.3 is 0 Å². The number of fused-ring (bicyclic) bond motifs is 1. The van der Waals surface area contributed by atoms with E-state index in [0.29, 0.717) is 12.4 Å². The van der Waals surface area contributed by atoms with Crippen LogP contribution in [0.15, 0.2) is 52.2 Å². The average Bonchev–Trinajstić information content (AvgIpc) is 2.80. The fourth-order valence-electron chi connectivity index (χ4n) is 1.91. The van der Waals surface area contributed by atoms with Gasteiger partial charge in [0.2, 0.25) is 0 Å². The highest BCUT2D eigenvalue weighted by atomic mass is 35.5. The lowest BCUT2D eigenvalue weighted by atomic mass is 10.2. The number of amidine groups is 1. The van der Waals surface area contributed by atoms with Crippen molar-refractivity contribution in [3.63, 3.8) is 0 Å². The number of rotatable bonds is 1. The molecule has 3 rings (SSSR count). The van der Waals surface area contributed by atoms with E-state index in [4.69, 9.17) is 23.2 Å². The molecule has 0 saturated carbocycles. The molecular weight excluding hydrogens is 283 g/mol. The van der Waals surface area contributed by atoms with Gasteiger partial charge in [0, 0.05) is 18.0 Å². The van der Waals surface area contributed by atoms with E-state index in [2.05, 4.69) is 15.3 Å². The molecule has 1 aromatic carbocycles. The van der Waals surface area contributed by atoms with Crippen molar-refractivity contribution in [2.75, 3.05) is 0 Å². The van der Waals surface area contributed by atoms with E-state index in [0.717, 1.165) is 17.2 Å². The molecule has 1 N–H and O–H groups in total. The second kappa shape index (κ2) is 5.07. The number of hydrogen-bond donors (Lipinski definition) is 1. The van der Waals surface area contributed by atoms with Gasteiger partial charge in [-0.05, 0) is 0 Å². The minimum atomic E-state index is 0.143. The second-order valence-corrected chi connectivity index (χ2v) is 4.93. The van der Waals surface area contributed by atoms with E-state index >= 15 is 0 Å². The third-order valence-corrected chi connectivity index (χ3v) is 3.16. The van der Waals surface area contributed by atoms with Crippen molar-refractivity contribution in [2.24, 2.45) is 4.99 Å². The molecule has 0 aliphatic carbocycles. The maximum absolute atomic E-state index is 5.95. The number of aliphatic imine (C=N–C) groups is 1. The van der Waals surface area contributed by atoms with Gasteiger partial charge in [-0.2, -0.15) is 0 Å². The molecule has 1 aliphatic heterocycles. The van der Waals surface area contributed by atoms with Crippen molar-refractivity contribution in [2.45, 2.75) is 6.54 Å². The molecule has 0 unspecified atom stereocenters. The van der Waals surface area contributed by atoms with Crippen molar-refractivity contribution in [3.8, 4) is 0 Å². The molecule has 0 saturated heterocycles. The lowest BCUT2D eigenvalue weighted by molar-refractivity contribution is 0.886. The van der Waals surface area contributed by atoms with Crippen LogP contribution in [0.3, 0.4) is 0 Å². The third kappa shape index (κ3) is 2.37. The summed E-state index contributed by atoms with van der Waals surface area (Å²) in [6.07, 6.45) is 3.49. The maximum Gasteiger partial charge on any atom is 0.148 e. The Bertz CT molecular complexity index is 654. The number of benzene rings is 1. The molecular formula is C13H10Cl2N4. The van der Waals surface area contributed by atoms with Crippen LogP contribution in [0.4, 0.5) is 0 Å². The molecule has 0 amide bonds. The van der Waals surface area contributed by atoms with Crippen LogP contribution in [0.2, 0.25) is 0 Å². The SMILES string of the molecule is ClC(Cl)=C1NC(c2ccccc2)=NCc2nccn21. The summed E-state index contributed by atoms with van der Waals surface area (Å²) in [6.45, 7) is 0.467. The van der Waals surface area contributed by atoms with E-state index in [1.54, 1.807) is 17.0 Å². The standard InChI is InChI=1S/C13H10Cl2N4/c14-11(15)13-18-12(9-4-2-1-3-5-9)17-8-10-16-6-7-19(10)13/h1-7H,8H2,(H,17,18). The number of halogens is 2. The van der Waals surface area contributed by atoms with Gasteiger partial charge in [0.15, 0.2) is 0 Å². The highest BCUT2D eigenvalue weighted by Crippen LogP contribution is 2.21. The first-order valence-electron chi connectivity index (χ1n) is 5.70. The van der Waals surface area contributed by atoms with E-state index < -0.39 is 0 Å². The Balaban J connectivity index is 2.06. The Morgan fingerprint density at radius 3 is 2.74 bits per heavy atom. The van der Waals surface area contributed by atoms with Crippen molar-refractivity contribution in [3.05, 3.63) is 58.6 Å². The molecule has 0 bridgehead atoms. The number of imidazole rings is 1. The van der Waals surface area contributed by atoms with E-state index in [1.165, 1.54) is 0 Å². The fraction of sp³-hybridized carbons (Fsp3) is 0.0769. The van der Waals surface area contributed by atoms with Crippen LogP contribution in [0, 0.1) is 0 Å². The molecule has 2 heterocycles. The van der Waals surface area contributed by atoms with Crippen molar-refractivity contribution in [1.29, 1.82) is 0 Å². The van der Waals surface area contributed by atoms with Gasteiger partial charge in [0.05, 0.1) is 6.54 Å². The summed E-state index contributed by atoms with van der Waals surface area (Å²) < 4.78 is 1.94. The number of nitrogens with zero attached hydrogens (tertiary/aromatic N) is 3. The summed E-state index contributed by atoms with van der Waals surface area (Å²) >= 11 is 11.9. The predicted octanol–water partition coefficient (Wildman–Crippen LogP) is 2.99. The quantitative estimate of drug-likeness (QED) is 0.878. The lowest BCUT2D eigenvalue weighted by Crippen LogP contribution is -2.24. The zero-order chi connectivity index (χ0) is 13.2. The zero-order valence-corrected chi connectivity index (χ0v) is 11.4. The predicted molar refractivity (Wildman–Crippen MR) is 77.0 cm³/mol. The first-order valence-corrected chi connectivity index (χ1v) is 6.46. The summed E-state index contributed by atoms with van der Waals surface area (Å²) in [5.74, 6) is 2.07. The maximum atomic E-state index is 5.95. The lowest BCUT2D eigenvalue weighted by Gasteiger charge is -2.12. The summed E-state index contributed by atoms with van der Waals surface area (Å²) in [6, 6.07) is 9.81. The minimum absolute atomic E-state index is 0.143. The summed E-state index contributed by atoms with van der Waals surface area (Å²) in [5.41, 5.74) is 0.973. The van der Waals surface area contributed by atoms with Gasteiger partial charge in [0.1, 0.15) is 22.0 Å². The van der Waals surface area contributed by atoms with Crippen LogP contribution in [-0.2, 0) is 6.54 Å². The topological polar surface area (TPSA) is 42.2 Å². The van der Waals surface area contributed by atoms with Gasteiger partial charge in [-0.3, -0.25) is 9.56 Å². The second-order valence-electron chi connectivity index (χ2n) is 3.98. The molecule has 0 fully saturated rings. The van der Waals surface area contributed by atoms with Crippen LogP contribution >= 0.6 is 23.2 Å². The van der Waals surface area contributed by atoms with Crippen molar-refractivity contribution >= 4 is 34.9 Å². The normalized spacial score (nSPS) is 14.2. The number of aromatic nitrogens is 2. The van der Waals surface area contributed by atoms with Crippen LogP contribution in [0.5, 0.6) is 0 Å². The Hall–Kier alpha value is -1.78. The highest BCUT2D eigenvalue weighted by Gasteiger charge is 2.17. The van der Waals surface area contributed by atoms with E-state index in [1.807, 2.05) is 30.3 Å².